The number of nitrogens with one attached hydrogen (secondary N) is 1. The zero-order valence-corrected chi connectivity index (χ0v) is 12.1. The minimum Gasteiger partial charge on any atom is -0.487 e. The molecule has 0 bridgehead atoms. The van der Waals surface area contributed by atoms with Gasteiger partial charge in [-0.2, -0.15) is 0 Å². The van der Waals surface area contributed by atoms with E-state index in [1.54, 1.807) is 0 Å². The second-order valence-corrected chi connectivity index (χ2v) is 5.91. The molecule has 19 heavy (non-hydrogen) atoms. The molecule has 1 saturated heterocycles. The SMILES string of the molecule is CNC1CC(C2CCC(C)O2)Oc2ccc(Cl)cc21. The smallest absolute Gasteiger partial charge is 0.127 e. The molecule has 1 aromatic rings. The summed E-state index contributed by atoms with van der Waals surface area (Å²) in [5.74, 6) is 0.933. The van der Waals surface area contributed by atoms with E-state index in [9.17, 15) is 0 Å². The van der Waals surface area contributed by atoms with Crippen LogP contribution in [0.1, 0.15) is 37.8 Å². The van der Waals surface area contributed by atoms with Gasteiger partial charge in [0.1, 0.15) is 11.9 Å². The molecule has 1 aromatic carbocycles. The fourth-order valence-corrected chi connectivity index (χ4v) is 3.26. The van der Waals surface area contributed by atoms with Gasteiger partial charge in [-0.1, -0.05) is 11.6 Å². The molecule has 0 amide bonds. The van der Waals surface area contributed by atoms with Crippen LogP contribution < -0.4 is 10.1 Å². The van der Waals surface area contributed by atoms with Crippen LogP contribution in [0.5, 0.6) is 5.75 Å². The molecular formula is C15H20ClNO2. The molecule has 4 heteroatoms. The Kier molecular flexibility index (Phi) is 3.70. The van der Waals surface area contributed by atoms with Gasteiger partial charge in [0.05, 0.1) is 12.2 Å². The second kappa shape index (κ2) is 5.31. The predicted octanol–water partition coefficient (Wildman–Crippen LogP) is 3.32. The van der Waals surface area contributed by atoms with Gasteiger partial charge >= 0.3 is 0 Å². The van der Waals surface area contributed by atoms with Gasteiger partial charge in [0.15, 0.2) is 0 Å². The van der Waals surface area contributed by atoms with Crippen molar-refractivity contribution in [3.63, 3.8) is 0 Å². The molecule has 0 radical (unpaired) electrons. The average molecular weight is 282 g/mol. The van der Waals surface area contributed by atoms with E-state index < -0.39 is 0 Å². The zero-order valence-electron chi connectivity index (χ0n) is 11.4. The van der Waals surface area contributed by atoms with Gasteiger partial charge in [0.2, 0.25) is 0 Å². The molecule has 0 aliphatic carbocycles. The maximum Gasteiger partial charge on any atom is 0.127 e. The van der Waals surface area contributed by atoms with E-state index in [1.165, 1.54) is 0 Å². The molecule has 3 nitrogen and oxygen atoms in total. The maximum atomic E-state index is 6.13. The van der Waals surface area contributed by atoms with Crippen LogP contribution in [0, 0.1) is 0 Å². The summed E-state index contributed by atoms with van der Waals surface area (Å²) >= 11 is 6.07. The molecule has 2 heterocycles. The van der Waals surface area contributed by atoms with Gasteiger partial charge < -0.3 is 14.8 Å². The highest BCUT2D eigenvalue weighted by Gasteiger charge is 2.36. The van der Waals surface area contributed by atoms with Crippen LogP contribution in [0.3, 0.4) is 0 Å². The summed E-state index contributed by atoms with van der Waals surface area (Å²) in [7, 11) is 1.98. The first-order valence-corrected chi connectivity index (χ1v) is 7.34. The molecule has 3 rings (SSSR count). The molecule has 104 valence electrons. The lowest BCUT2D eigenvalue weighted by atomic mass is 9.93. The molecule has 0 spiro atoms. The Morgan fingerprint density at radius 1 is 1.26 bits per heavy atom. The molecule has 0 aromatic heterocycles. The zero-order chi connectivity index (χ0) is 13.4. The van der Waals surface area contributed by atoms with Crippen LogP contribution in [-0.4, -0.2) is 25.4 Å². The van der Waals surface area contributed by atoms with Crippen molar-refractivity contribution in [2.75, 3.05) is 7.05 Å². The Morgan fingerprint density at radius 3 is 2.79 bits per heavy atom. The van der Waals surface area contributed by atoms with E-state index in [4.69, 9.17) is 21.1 Å². The van der Waals surface area contributed by atoms with Gasteiger partial charge in [-0.15, -0.1) is 0 Å². The third-order valence-electron chi connectivity index (χ3n) is 4.12. The van der Waals surface area contributed by atoms with E-state index in [1.807, 2.05) is 25.2 Å². The first-order valence-electron chi connectivity index (χ1n) is 6.96. The highest BCUT2D eigenvalue weighted by atomic mass is 35.5. The van der Waals surface area contributed by atoms with Gasteiger partial charge in [0.25, 0.3) is 0 Å². The lowest BCUT2D eigenvalue weighted by molar-refractivity contribution is -0.0296. The second-order valence-electron chi connectivity index (χ2n) is 5.48. The van der Waals surface area contributed by atoms with Crippen LogP contribution in [0.2, 0.25) is 5.02 Å². The number of hydrogen-bond donors (Lipinski definition) is 1. The Morgan fingerprint density at radius 2 is 2.11 bits per heavy atom. The summed E-state index contributed by atoms with van der Waals surface area (Å²) in [6.45, 7) is 2.13. The van der Waals surface area contributed by atoms with Crippen molar-refractivity contribution in [2.45, 2.75) is 50.5 Å². The first-order chi connectivity index (χ1) is 9.17. The summed E-state index contributed by atoms with van der Waals surface area (Å²) in [5.41, 5.74) is 1.15. The van der Waals surface area contributed by atoms with Crippen molar-refractivity contribution in [1.82, 2.24) is 5.32 Å². The van der Waals surface area contributed by atoms with Crippen molar-refractivity contribution < 1.29 is 9.47 Å². The van der Waals surface area contributed by atoms with Gasteiger partial charge in [-0.3, -0.25) is 0 Å². The van der Waals surface area contributed by atoms with E-state index in [0.29, 0.717) is 6.10 Å². The molecule has 2 aliphatic rings. The van der Waals surface area contributed by atoms with E-state index in [0.717, 1.165) is 35.6 Å². The standard InChI is InChI=1S/C15H20ClNO2/c1-9-3-5-14(18-9)15-8-12(17-2)11-7-10(16)4-6-13(11)19-15/h4,6-7,9,12,14-15,17H,3,5,8H2,1-2H3. The number of ether oxygens (including phenoxy) is 2. The highest BCUT2D eigenvalue weighted by molar-refractivity contribution is 6.30. The van der Waals surface area contributed by atoms with Gasteiger partial charge in [-0.25, -0.2) is 0 Å². The van der Waals surface area contributed by atoms with E-state index >= 15 is 0 Å². The lowest BCUT2D eigenvalue weighted by Crippen LogP contribution is -2.39. The highest BCUT2D eigenvalue weighted by Crippen LogP contribution is 2.39. The predicted molar refractivity (Wildman–Crippen MR) is 75.9 cm³/mol. The van der Waals surface area contributed by atoms with Crippen LogP contribution >= 0.6 is 11.6 Å². The summed E-state index contributed by atoms with van der Waals surface area (Å²) in [5, 5.41) is 4.11. The lowest BCUT2D eigenvalue weighted by Gasteiger charge is -2.35. The third-order valence-corrected chi connectivity index (χ3v) is 4.36. The molecule has 2 aliphatic heterocycles. The minimum atomic E-state index is 0.135. The number of halogens is 1. The summed E-state index contributed by atoms with van der Waals surface area (Å²) < 4.78 is 12.1. The van der Waals surface area contributed by atoms with Crippen molar-refractivity contribution in [2.24, 2.45) is 0 Å². The quantitative estimate of drug-likeness (QED) is 0.902. The number of hydrogen-bond acceptors (Lipinski definition) is 3. The van der Waals surface area contributed by atoms with Crippen LogP contribution in [0.25, 0.3) is 0 Å². The molecule has 0 saturated carbocycles. The van der Waals surface area contributed by atoms with Crippen LogP contribution in [-0.2, 0) is 4.74 Å². The molecule has 1 fully saturated rings. The monoisotopic (exact) mass is 281 g/mol. The number of benzene rings is 1. The van der Waals surface area contributed by atoms with Crippen molar-refractivity contribution >= 4 is 11.6 Å². The van der Waals surface area contributed by atoms with Gasteiger partial charge in [0, 0.05) is 23.0 Å². The van der Waals surface area contributed by atoms with Crippen LogP contribution in [0.15, 0.2) is 18.2 Å². The van der Waals surface area contributed by atoms with Crippen molar-refractivity contribution in [3.05, 3.63) is 28.8 Å². The molecule has 1 N–H and O–H groups in total. The third kappa shape index (κ3) is 2.60. The van der Waals surface area contributed by atoms with E-state index in [2.05, 4.69) is 12.2 Å². The normalized spacial score (nSPS) is 33.8. The molecule has 4 atom stereocenters. The Labute approximate surface area is 119 Å². The Hall–Kier alpha value is -0.770. The van der Waals surface area contributed by atoms with Crippen molar-refractivity contribution in [3.8, 4) is 5.75 Å². The number of rotatable bonds is 2. The fourth-order valence-electron chi connectivity index (χ4n) is 3.08. The summed E-state index contributed by atoms with van der Waals surface area (Å²) in [6.07, 6.45) is 3.85. The van der Waals surface area contributed by atoms with Crippen molar-refractivity contribution in [1.29, 1.82) is 0 Å². The Bertz CT molecular complexity index is 465. The molecule has 4 unspecified atom stereocenters. The topological polar surface area (TPSA) is 30.5 Å². The fraction of sp³-hybridized carbons (Fsp3) is 0.600. The average Bonchev–Trinajstić information content (AvgIpc) is 2.84. The molecular weight excluding hydrogens is 262 g/mol. The number of fused-ring (bicyclic) bond motifs is 1. The maximum absolute atomic E-state index is 6.13. The van der Waals surface area contributed by atoms with Gasteiger partial charge in [-0.05, 0) is 45.0 Å². The summed E-state index contributed by atoms with van der Waals surface area (Å²) in [4.78, 5) is 0. The minimum absolute atomic E-state index is 0.135. The first kappa shape index (κ1) is 13.2. The van der Waals surface area contributed by atoms with Crippen LogP contribution in [0.4, 0.5) is 0 Å². The Balaban J connectivity index is 1.83. The van der Waals surface area contributed by atoms with E-state index in [-0.39, 0.29) is 18.2 Å². The summed E-state index contributed by atoms with van der Waals surface area (Å²) in [6, 6.07) is 6.12. The largest absolute Gasteiger partial charge is 0.487 e.